The number of ether oxygens (including phenoxy) is 1. The average Bonchev–Trinajstić information content (AvgIpc) is 2.76. The highest BCUT2D eigenvalue weighted by molar-refractivity contribution is 5.89. The number of piperidine rings is 1. The van der Waals surface area contributed by atoms with Crippen LogP contribution in [0, 0.1) is 5.92 Å². The smallest absolute Gasteiger partial charge is 0.247 e. The molecule has 3 atom stereocenters. The van der Waals surface area contributed by atoms with E-state index in [0.717, 1.165) is 30.8 Å². The molecule has 1 fully saturated rings. The molecule has 1 heterocycles. The molecule has 0 spiro atoms. The molecule has 0 aromatic heterocycles. The predicted octanol–water partition coefficient (Wildman–Crippen LogP) is 2.51. The fourth-order valence-electron chi connectivity index (χ4n) is 4.33. The second kappa shape index (κ2) is 12.0. The lowest BCUT2D eigenvalue weighted by Crippen LogP contribution is -2.52. The lowest BCUT2D eigenvalue weighted by atomic mass is 9.93. The molecule has 32 heavy (non-hydrogen) atoms. The fourth-order valence-corrected chi connectivity index (χ4v) is 4.33. The van der Waals surface area contributed by atoms with Gasteiger partial charge in [-0.3, -0.25) is 14.5 Å². The van der Waals surface area contributed by atoms with E-state index in [9.17, 15) is 9.59 Å². The summed E-state index contributed by atoms with van der Waals surface area (Å²) in [6, 6.07) is 8.51. The SMILES string of the molecule is CCN(CC(C)=CC(=O)N1CCC(C(=O)N(C)C)CC1N)C(C)Cc1ccc(OC)cc1. The molecular weight excluding hydrogens is 404 g/mol. The molecule has 1 aliphatic heterocycles. The normalized spacial score (nSPS) is 20.2. The van der Waals surface area contributed by atoms with Crippen LogP contribution in [0.2, 0.25) is 0 Å². The summed E-state index contributed by atoms with van der Waals surface area (Å²) in [5, 5.41) is 0. The van der Waals surface area contributed by atoms with Crippen molar-refractivity contribution in [3.8, 4) is 5.75 Å². The summed E-state index contributed by atoms with van der Waals surface area (Å²) >= 11 is 0. The van der Waals surface area contributed by atoms with Crippen LogP contribution in [-0.4, -0.2) is 79.6 Å². The third-order valence-electron chi connectivity index (χ3n) is 6.26. The van der Waals surface area contributed by atoms with Crippen LogP contribution in [0.3, 0.4) is 0 Å². The van der Waals surface area contributed by atoms with Crippen molar-refractivity contribution >= 4 is 11.8 Å². The first-order valence-corrected chi connectivity index (χ1v) is 11.5. The Morgan fingerprint density at radius 3 is 2.47 bits per heavy atom. The third-order valence-corrected chi connectivity index (χ3v) is 6.26. The zero-order chi connectivity index (χ0) is 23.8. The van der Waals surface area contributed by atoms with E-state index < -0.39 is 6.17 Å². The topological polar surface area (TPSA) is 79.1 Å². The van der Waals surface area contributed by atoms with Crippen LogP contribution in [0.4, 0.5) is 0 Å². The molecule has 7 heteroatoms. The average molecular weight is 445 g/mol. The zero-order valence-corrected chi connectivity index (χ0v) is 20.5. The van der Waals surface area contributed by atoms with Crippen LogP contribution < -0.4 is 10.5 Å². The van der Waals surface area contributed by atoms with E-state index in [1.807, 2.05) is 19.1 Å². The Kier molecular flexibility index (Phi) is 9.72. The van der Waals surface area contributed by atoms with Gasteiger partial charge in [0, 0.05) is 45.2 Å². The Bertz CT molecular complexity index is 791. The molecule has 1 aliphatic rings. The molecule has 0 saturated carbocycles. The largest absolute Gasteiger partial charge is 0.497 e. The number of nitrogens with two attached hydrogens (primary N) is 1. The highest BCUT2D eigenvalue weighted by Gasteiger charge is 2.32. The Morgan fingerprint density at radius 2 is 1.94 bits per heavy atom. The molecule has 0 bridgehead atoms. The Balaban J connectivity index is 1.93. The minimum Gasteiger partial charge on any atom is -0.497 e. The van der Waals surface area contributed by atoms with Crippen molar-refractivity contribution in [3.63, 3.8) is 0 Å². The molecule has 1 saturated heterocycles. The fraction of sp³-hybridized carbons (Fsp3) is 0.600. The second-order valence-corrected chi connectivity index (χ2v) is 9.01. The van der Waals surface area contributed by atoms with Gasteiger partial charge in [-0.1, -0.05) is 24.6 Å². The van der Waals surface area contributed by atoms with E-state index in [2.05, 4.69) is 30.9 Å². The highest BCUT2D eigenvalue weighted by Crippen LogP contribution is 2.22. The van der Waals surface area contributed by atoms with Crippen LogP contribution >= 0.6 is 0 Å². The molecule has 2 rings (SSSR count). The first-order valence-electron chi connectivity index (χ1n) is 11.5. The maximum atomic E-state index is 12.9. The van der Waals surface area contributed by atoms with Gasteiger partial charge in [-0.15, -0.1) is 0 Å². The van der Waals surface area contributed by atoms with Gasteiger partial charge in [0.15, 0.2) is 0 Å². The quantitative estimate of drug-likeness (QED) is 0.592. The Morgan fingerprint density at radius 1 is 1.28 bits per heavy atom. The molecule has 1 aromatic rings. The number of carbonyl (C=O) groups excluding carboxylic acids is 2. The molecule has 2 amide bonds. The van der Waals surface area contributed by atoms with E-state index in [0.29, 0.717) is 25.4 Å². The molecule has 178 valence electrons. The van der Waals surface area contributed by atoms with Gasteiger partial charge in [0.2, 0.25) is 11.8 Å². The number of likely N-dealkylation sites (tertiary alicyclic amines) is 1. The lowest BCUT2D eigenvalue weighted by Gasteiger charge is -2.37. The van der Waals surface area contributed by atoms with Gasteiger partial charge in [0.1, 0.15) is 5.75 Å². The highest BCUT2D eigenvalue weighted by atomic mass is 16.5. The van der Waals surface area contributed by atoms with Gasteiger partial charge in [-0.25, -0.2) is 0 Å². The lowest BCUT2D eigenvalue weighted by molar-refractivity contribution is -0.139. The summed E-state index contributed by atoms with van der Waals surface area (Å²) in [4.78, 5) is 30.7. The molecule has 3 unspecified atom stereocenters. The molecule has 0 radical (unpaired) electrons. The van der Waals surface area contributed by atoms with Crippen molar-refractivity contribution in [1.29, 1.82) is 0 Å². The van der Waals surface area contributed by atoms with E-state index in [1.54, 1.807) is 37.1 Å². The number of benzene rings is 1. The van der Waals surface area contributed by atoms with E-state index in [-0.39, 0.29) is 17.7 Å². The molecule has 1 aromatic carbocycles. The summed E-state index contributed by atoms with van der Waals surface area (Å²) in [6.07, 6.45) is 3.37. The van der Waals surface area contributed by atoms with E-state index in [1.165, 1.54) is 5.56 Å². The summed E-state index contributed by atoms with van der Waals surface area (Å²) in [5.74, 6) is 0.774. The maximum Gasteiger partial charge on any atom is 0.247 e. The molecule has 7 nitrogen and oxygen atoms in total. The Labute approximate surface area is 193 Å². The van der Waals surface area contributed by atoms with Crippen LogP contribution in [-0.2, 0) is 16.0 Å². The van der Waals surface area contributed by atoms with Gasteiger partial charge in [-0.2, -0.15) is 0 Å². The predicted molar refractivity (Wildman–Crippen MR) is 128 cm³/mol. The summed E-state index contributed by atoms with van der Waals surface area (Å²) in [7, 11) is 5.18. The number of methoxy groups -OCH3 is 1. The van der Waals surface area contributed by atoms with Gasteiger partial charge in [0.05, 0.1) is 13.3 Å². The summed E-state index contributed by atoms with van der Waals surface area (Å²) in [6.45, 7) is 8.49. The van der Waals surface area contributed by atoms with Crippen molar-refractivity contribution in [2.75, 3.05) is 40.8 Å². The summed E-state index contributed by atoms with van der Waals surface area (Å²) < 4.78 is 5.24. The molecular formula is C25H40N4O3. The van der Waals surface area contributed by atoms with Crippen molar-refractivity contribution in [1.82, 2.24) is 14.7 Å². The second-order valence-electron chi connectivity index (χ2n) is 9.01. The maximum absolute atomic E-state index is 12.9. The van der Waals surface area contributed by atoms with Crippen molar-refractivity contribution in [3.05, 3.63) is 41.5 Å². The van der Waals surface area contributed by atoms with Crippen molar-refractivity contribution in [2.24, 2.45) is 11.7 Å². The first kappa shape index (κ1) is 25.9. The number of hydrogen-bond acceptors (Lipinski definition) is 5. The number of carbonyl (C=O) groups is 2. The number of hydrogen-bond donors (Lipinski definition) is 1. The van der Waals surface area contributed by atoms with Crippen LogP contribution in [0.5, 0.6) is 5.75 Å². The van der Waals surface area contributed by atoms with Gasteiger partial charge >= 0.3 is 0 Å². The number of amides is 2. The minimum atomic E-state index is -0.425. The third kappa shape index (κ3) is 7.07. The van der Waals surface area contributed by atoms with Gasteiger partial charge in [-0.05, 0) is 57.4 Å². The summed E-state index contributed by atoms with van der Waals surface area (Å²) in [5.41, 5.74) is 8.52. The van der Waals surface area contributed by atoms with Gasteiger partial charge in [0.25, 0.3) is 0 Å². The molecule has 0 aliphatic carbocycles. The van der Waals surface area contributed by atoms with Crippen LogP contribution in [0.25, 0.3) is 0 Å². The van der Waals surface area contributed by atoms with Gasteiger partial charge < -0.3 is 20.3 Å². The number of likely N-dealkylation sites (N-methyl/N-ethyl adjacent to an activating group) is 1. The van der Waals surface area contributed by atoms with Crippen LogP contribution in [0.1, 0.15) is 39.2 Å². The standard InChI is InChI=1S/C25H40N4O3/c1-7-28(19(3)15-20-8-10-22(32-6)11-9-20)17-18(2)14-24(30)29-13-12-21(16-23(29)26)25(31)27(4)5/h8-11,14,19,21,23H,7,12-13,15-17,26H2,1-6H3. The number of rotatable bonds is 9. The van der Waals surface area contributed by atoms with Crippen LogP contribution in [0.15, 0.2) is 35.9 Å². The molecule has 2 N–H and O–H groups in total. The number of nitrogens with zero attached hydrogens (tertiary/aromatic N) is 3. The van der Waals surface area contributed by atoms with Crippen molar-refractivity contribution < 1.29 is 14.3 Å². The minimum absolute atomic E-state index is 0.0652. The van der Waals surface area contributed by atoms with E-state index in [4.69, 9.17) is 10.5 Å². The Hall–Kier alpha value is -2.38. The monoisotopic (exact) mass is 444 g/mol. The van der Waals surface area contributed by atoms with E-state index >= 15 is 0 Å². The zero-order valence-electron chi connectivity index (χ0n) is 20.5. The van der Waals surface area contributed by atoms with Crippen molar-refractivity contribution in [2.45, 2.75) is 52.2 Å². The first-order chi connectivity index (χ1) is 15.2.